The van der Waals surface area contributed by atoms with Crippen LogP contribution in [0.4, 0.5) is 4.79 Å². The Morgan fingerprint density at radius 1 is 0.833 bits per heavy atom. The fourth-order valence-electron chi connectivity index (χ4n) is 2.87. The number of hydrogen-bond acceptors (Lipinski definition) is 3. The maximum atomic E-state index is 12.5. The van der Waals surface area contributed by atoms with Crippen LogP contribution in [0.1, 0.15) is 17.2 Å². The molecule has 3 rings (SSSR count). The van der Waals surface area contributed by atoms with Gasteiger partial charge in [0, 0.05) is 0 Å². The van der Waals surface area contributed by atoms with Crippen LogP contribution in [0, 0.1) is 0 Å². The largest absolute Gasteiger partial charge is 0.465 e. The fraction of sp³-hybridized carbons (Fsp3) is 0.167. The monoisotopic (exact) mass is 324 g/mol. The summed E-state index contributed by atoms with van der Waals surface area (Å²) < 4.78 is 0. The molecule has 0 saturated carbocycles. The van der Waals surface area contributed by atoms with Gasteiger partial charge in [-0.05, 0) is 11.1 Å². The lowest BCUT2D eigenvalue weighted by molar-refractivity contribution is -0.149. The summed E-state index contributed by atoms with van der Waals surface area (Å²) >= 11 is 0. The number of amides is 3. The number of carbonyl (C=O) groups excluding carboxylic acids is 2. The Hall–Kier alpha value is -3.15. The molecule has 0 aromatic heterocycles. The minimum atomic E-state index is -1.40. The van der Waals surface area contributed by atoms with E-state index in [0.29, 0.717) is 4.90 Å². The SMILES string of the molecule is O=C(O)N1CC(=O)N(C(c2ccccc2)c2ccccc2)CC1=O. The Labute approximate surface area is 138 Å². The van der Waals surface area contributed by atoms with Gasteiger partial charge in [-0.2, -0.15) is 0 Å². The molecule has 1 N–H and O–H groups in total. The van der Waals surface area contributed by atoms with Crippen molar-refractivity contribution < 1.29 is 19.5 Å². The molecular formula is C18H16N2O4. The summed E-state index contributed by atoms with van der Waals surface area (Å²) in [7, 11) is 0. The maximum Gasteiger partial charge on any atom is 0.414 e. The molecule has 6 nitrogen and oxygen atoms in total. The average molecular weight is 324 g/mol. The second-order valence-corrected chi connectivity index (χ2v) is 5.51. The molecule has 0 spiro atoms. The molecule has 1 heterocycles. The van der Waals surface area contributed by atoms with Gasteiger partial charge in [0.05, 0.1) is 6.04 Å². The lowest BCUT2D eigenvalue weighted by atomic mass is 9.96. The molecule has 0 radical (unpaired) electrons. The second-order valence-electron chi connectivity index (χ2n) is 5.51. The molecule has 24 heavy (non-hydrogen) atoms. The minimum absolute atomic E-state index is 0.264. The molecule has 1 aliphatic heterocycles. The predicted octanol–water partition coefficient (Wildman–Crippen LogP) is 2.12. The van der Waals surface area contributed by atoms with Crippen LogP contribution in [-0.4, -0.2) is 45.9 Å². The van der Waals surface area contributed by atoms with Crippen LogP contribution in [0.5, 0.6) is 0 Å². The minimum Gasteiger partial charge on any atom is -0.465 e. The van der Waals surface area contributed by atoms with Crippen LogP contribution < -0.4 is 0 Å². The molecule has 0 atom stereocenters. The van der Waals surface area contributed by atoms with Crippen molar-refractivity contribution in [1.29, 1.82) is 0 Å². The number of hydrogen-bond donors (Lipinski definition) is 1. The van der Waals surface area contributed by atoms with Crippen LogP contribution in [0.2, 0.25) is 0 Å². The quantitative estimate of drug-likeness (QED) is 0.938. The van der Waals surface area contributed by atoms with Crippen molar-refractivity contribution >= 4 is 17.9 Å². The van der Waals surface area contributed by atoms with E-state index >= 15 is 0 Å². The first-order chi connectivity index (χ1) is 11.6. The van der Waals surface area contributed by atoms with Gasteiger partial charge in [0.2, 0.25) is 5.91 Å². The van der Waals surface area contributed by atoms with Gasteiger partial charge in [-0.25, -0.2) is 9.69 Å². The van der Waals surface area contributed by atoms with E-state index in [0.717, 1.165) is 11.1 Å². The van der Waals surface area contributed by atoms with Crippen molar-refractivity contribution in [1.82, 2.24) is 9.80 Å². The molecule has 0 unspecified atom stereocenters. The molecule has 6 heteroatoms. The number of carbonyl (C=O) groups is 3. The predicted molar refractivity (Wildman–Crippen MR) is 86.2 cm³/mol. The van der Waals surface area contributed by atoms with Crippen molar-refractivity contribution in [2.24, 2.45) is 0 Å². The van der Waals surface area contributed by atoms with Crippen molar-refractivity contribution in [2.75, 3.05) is 13.1 Å². The summed E-state index contributed by atoms with van der Waals surface area (Å²) in [5, 5.41) is 9.02. The molecule has 3 amide bonds. The smallest absolute Gasteiger partial charge is 0.414 e. The summed E-state index contributed by atoms with van der Waals surface area (Å²) in [6.07, 6.45) is -1.40. The van der Waals surface area contributed by atoms with Crippen LogP contribution in [0.25, 0.3) is 0 Å². The number of nitrogens with zero attached hydrogens (tertiary/aromatic N) is 2. The van der Waals surface area contributed by atoms with Crippen molar-refractivity contribution in [2.45, 2.75) is 6.04 Å². The fourth-order valence-corrected chi connectivity index (χ4v) is 2.87. The zero-order chi connectivity index (χ0) is 17.1. The van der Waals surface area contributed by atoms with E-state index in [-0.39, 0.29) is 6.54 Å². The molecule has 1 aliphatic rings. The van der Waals surface area contributed by atoms with Gasteiger partial charge < -0.3 is 10.0 Å². The van der Waals surface area contributed by atoms with E-state index in [2.05, 4.69) is 0 Å². The van der Waals surface area contributed by atoms with Gasteiger partial charge in [-0.15, -0.1) is 0 Å². The Morgan fingerprint density at radius 2 is 1.33 bits per heavy atom. The molecule has 0 aliphatic carbocycles. The lowest BCUT2D eigenvalue weighted by Crippen LogP contribution is -2.56. The third kappa shape index (κ3) is 2.99. The molecule has 2 aromatic rings. The van der Waals surface area contributed by atoms with Crippen LogP contribution in [0.15, 0.2) is 60.7 Å². The second kappa shape index (κ2) is 6.54. The summed E-state index contributed by atoms with van der Waals surface area (Å²) in [5.41, 5.74) is 1.74. The van der Waals surface area contributed by atoms with Gasteiger partial charge in [0.1, 0.15) is 13.1 Å². The van der Waals surface area contributed by atoms with Gasteiger partial charge in [0.25, 0.3) is 5.91 Å². The Balaban J connectivity index is 1.99. The van der Waals surface area contributed by atoms with Crippen molar-refractivity contribution in [3.05, 3.63) is 71.8 Å². The molecule has 0 bridgehead atoms. The standard InChI is InChI=1S/C18H16N2O4/c21-15-12-20(18(23)24)16(22)11-19(15)17(13-7-3-1-4-8-13)14-9-5-2-6-10-14/h1-10,17H,11-12H2,(H,23,24). The first-order valence-corrected chi connectivity index (χ1v) is 7.50. The summed E-state index contributed by atoms with van der Waals surface area (Å²) in [6.45, 7) is -0.718. The van der Waals surface area contributed by atoms with Crippen LogP contribution >= 0.6 is 0 Å². The number of imide groups is 1. The van der Waals surface area contributed by atoms with E-state index in [1.807, 2.05) is 60.7 Å². The van der Waals surface area contributed by atoms with E-state index in [1.54, 1.807) is 0 Å². The third-order valence-corrected chi connectivity index (χ3v) is 3.99. The van der Waals surface area contributed by atoms with Crippen LogP contribution in [0.3, 0.4) is 0 Å². The van der Waals surface area contributed by atoms with Crippen molar-refractivity contribution in [3.63, 3.8) is 0 Å². The number of benzene rings is 2. The topological polar surface area (TPSA) is 77.9 Å². The first-order valence-electron chi connectivity index (χ1n) is 7.50. The van der Waals surface area contributed by atoms with Crippen molar-refractivity contribution in [3.8, 4) is 0 Å². The Kier molecular flexibility index (Phi) is 4.29. The third-order valence-electron chi connectivity index (χ3n) is 3.99. The molecule has 1 saturated heterocycles. The Bertz CT molecular complexity index is 722. The summed E-state index contributed by atoms with van der Waals surface area (Å²) in [4.78, 5) is 37.7. The molecular weight excluding hydrogens is 308 g/mol. The highest BCUT2D eigenvalue weighted by molar-refractivity contribution is 6.01. The Morgan fingerprint density at radius 3 is 1.79 bits per heavy atom. The normalized spacial score (nSPS) is 15.0. The average Bonchev–Trinajstić information content (AvgIpc) is 2.59. The van der Waals surface area contributed by atoms with Gasteiger partial charge in [0.15, 0.2) is 0 Å². The zero-order valence-corrected chi connectivity index (χ0v) is 12.8. The molecule has 2 aromatic carbocycles. The van der Waals surface area contributed by atoms with E-state index < -0.39 is 30.5 Å². The first kappa shape index (κ1) is 15.7. The molecule has 122 valence electrons. The molecule has 1 fully saturated rings. The number of carboxylic acid groups (broad SMARTS) is 1. The van der Waals surface area contributed by atoms with Gasteiger partial charge in [-0.3, -0.25) is 9.59 Å². The zero-order valence-electron chi connectivity index (χ0n) is 12.8. The van der Waals surface area contributed by atoms with E-state index in [9.17, 15) is 14.4 Å². The highest BCUT2D eigenvalue weighted by atomic mass is 16.4. The maximum absolute atomic E-state index is 12.5. The number of piperazine rings is 1. The summed E-state index contributed by atoms with van der Waals surface area (Å²) in [6, 6.07) is 18.3. The highest BCUT2D eigenvalue weighted by Gasteiger charge is 2.38. The lowest BCUT2D eigenvalue weighted by Gasteiger charge is -2.37. The van der Waals surface area contributed by atoms with Gasteiger partial charge in [-0.1, -0.05) is 60.7 Å². The highest BCUT2D eigenvalue weighted by Crippen LogP contribution is 2.30. The van der Waals surface area contributed by atoms with E-state index in [4.69, 9.17) is 5.11 Å². The van der Waals surface area contributed by atoms with E-state index in [1.165, 1.54) is 4.90 Å². The summed E-state index contributed by atoms with van der Waals surface area (Å²) in [5.74, 6) is -0.992. The number of rotatable bonds is 3. The van der Waals surface area contributed by atoms with Gasteiger partial charge >= 0.3 is 6.09 Å². The van der Waals surface area contributed by atoms with Crippen LogP contribution in [-0.2, 0) is 9.59 Å².